The summed E-state index contributed by atoms with van der Waals surface area (Å²) in [4.78, 5) is 0. The maximum atomic E-state index is 0. The van der Waals surface area contributed by atoms with Gasteiger partial charge in [0.25, 0.3) is 0 Å². The van der Waals surface area contributed by atoms with Crippen LogP contribution in [0.2, 0.25) is 0 Å². The van der Waals surface area contributed by atoms with Crippen LogP contribution in [0.15, 0.2) is 0 Å². The number of rotatable bonds is 0. The molecule has 0 rings (SSSR count). The Kier molecular flexibility index (Phi) is 91.5. The van der Waals surface area contributed by atoms with E-state index >= 15 is 0 Å². The fraction of sp³-hybridized carbons (Fsp3) is 0. The Hall–Kier alpha value is 4.66. The molecule has 0 spiro atoms. The maximum Gasteiger partial charge on any atom is 2.00 e. The van der Waals surface area contributed by atoms with Crippen LogP contribution in [0.25, 0.3) is 0 Å². The Balaban J connectivity index is 0. The van der Waals surface area contributed by atoms with Crippen LogP contribution in [0.3, 0.4) is 0 Å². The second-order valence-corrected chi connectivity index (χ2v) is 0. The van der Waals surface area contributed by atoms with Crippen molar-refractivity contribution in [2.24, 2.45) is 0 Å². The fourth-order valence-electron chi connectivity index (χ4n) is 0. The molecular formula is H3BaKNbTi. The van der Waals surface area contributed by atoms with E-state index < -0.39 is 0 Å². The zero-order chi connectivity index (χ0) is 0. The van der Waals surface area contributed by atoms with Crippen molar-refractivity contribution in [2.75, 3.05) is 0 Å². The topological polar surface area (TPSA) is 0 Å². The van der Waals surface area contributed by atoms with Crippen molar-refractivity contribution in [3.8, 4) is 0 Å². The number of hydrogen-bond donors (Lipinski definition) is 0. The monoisotopic (exact) mass is 321 g/mol. The molecule has 4 heavy (non-hydrogen) atoms. The molecule has 0 aliphatic heterocycles. The summed E-state index contributed by atoms with van der Waals surface area (Å²) in [5.41, 5.74) is 0. The molecule has 0 aromatic carbocycles. The third-order valence-electron chi connectivity index (χ3n) is 0. The van der Waals surface area contributed by atoms with Crippen LogP contribution < -0.4 is 51.4 Å². The predicted molar refractivity (Wildman–Crippen MR) is 9.09 cm³/mol. The molecule has 0 nitrogen and oxygen atoms in total. The molecule has 0 N–H and O–H groups in total. The minimum atomic E-state index is 0. The third-order valence-corrected chi connectivity index (χ3v) is 0. The Morgan fingerprint density at radius 3 is 1.25 bits per heavy atom. The second-order valence-electron chi connectivity index (χ2n) is 0. The largest absolute Gasteiger partial charge is 2.00 e. The standard InChI is InChI=1S/Ba.K.Nb.Ti.3H/q+2;+1;;;3*-1. The summed E-state index contributed by atoms with van der Waals surface area (Å²) in [6, 6.07) is 0. The van der Waals surface area contributed by atoms with Gasteiger partial charge in [0.15, 0.2) is 0 Å². The minimum Gasteiger partial charge on any atom is -1.00 e. The van der Waals surface area contributed by atoms with Crippen molar-refractivity contribution in [1.82, 2.24) is 0 Å². The molecule has 0 bridgehead atoms. The first-order valence-corrected chi connectivity index (χ1v) is 0. The van der Waals surface area contributed by atoms with E-state index in [1.165, 1.54) is 0 Å². The SMILES string of the molecule is [Ba+2].[H-].[H-].[H-].[K+].[Nb].[Ti]. The Morgan fingerprint density at radius 2 is 1.25 bits per heavy atom. The average Bonchev–Trinajstić information content (AvgIpc) is 0. The van der Waals surface area contributed by atoms with E-state index in [2.05, 4.69) is 0 Å². The normalized spacial score (nSPS) is 0. The van der Waals surface area contributed by atoms with E-state index in [0.29, 0.717) is 0 Å². The first-order chi connectivity index (χ1) is 0. The van der Waals surface area contributed by atoms with E-state index in [0.717, 1.165) is 0 Å². The Morgan fingerprint density at radius 1 is 1.25 bits per heavy atom. The molecule has 0 unspecified atom stereocenters. The summed E-state index contributed by atoms with van der Waals surface area (Å²) in [6.45, 7) is 0. The summed E-state index contributed by atoms with van der Waals surface area (Å²) in [5, 5.41) is 0. The van der Waals surface area contributed by atoms with Crippen molar-refractivity contribution < 1.29 is 99.8 Å². The summed E-state index contributed by atoms with van der Waals surface area (Å²) < 4.78 is 0. The van der Waals surface area contributed by atoms with Gasteiger partial charge in [0, 0.05) is 44.1 Å². The maximum absolute atomic E-state index is 0. The van der Waals surface area contributed by atoms with Crippen LogP contribution in [0.1, 0.15) is 4.28 Å². The molecule has 0 fully saturated rings. The van der Waals surface area contributed by atoms with Crippen LogP contribution in [0.4, 0.5) is 0 Å². The summed E-state index contributed by atoms with van der Waals surface area (Å²) in [6.07, 6.45) is 0. The van der Waals surface area contributed by atoms with Crippen molar-refractivity contribution in [3.63, 3.8) is 0 Å². The molecule has 0 saturated heterocycles. The fourth-order valence-corrected chi connectivity index (χ4v) is 0. The van der Waals surface area contributed by atoms with Gasteiger partial charge in [-0.25, -0.2) is 0 Å². The molecule has 0 aromatic heterocycles. The van der Waals surface area contributed by atoms with Crippen molar-refractivity contribution >= 4 is 48.9 Å². The molecule has 0 aliphatic carbocycles. The van der Waals surface area contributed by atoms with Gasteiger partial charge in [-0.3, -0.25) is 0 Å². The van der Waals surface area contributed by atoms with E-state index in [9.17, 15) is 0 Å². The van der Waals surface area contributed by atoms with Crippen LogP contribution in [0.5, 0.6) is 0 Å². The third kappa shape index (κ3) is 9.83. The molecule has 0 saturated carbocycles. The molecule has 0 amide bonds. The molecule has 4 heteroatoms. The first-order valence-electron chi connectivity index (χ1n) is 0. The van der Waals surface area contributed by atoms with Gasteiger partial charge in [0.05, 0.1) is 0 Å². The first kappa shape index (κ1) is 23.4. The summed E-state index contributed by atoms with van der Waals surface area (Å²) in [7, 11) is 0. The van der Waals surface area contributed by atoms with Gasteiger partial charge < -0.3 is 4.28 Å². The van der Waals surface area contributed by atoms with Gasteiger partial charge in [-0.2, -0.15) is 0 Å². The smallest absolute Gasteiger partial charge is 1.00 e. The molecule has 1 radical (unpaired) electrons. The van der Waals surface area contributed by atoms with Gasteiger partial charge in [0.1, 0.15) is 0 Å². The van der Waals surface area contributed by atoms with E-state index in [-0.39, 0.29) is 149 Å². The summed E-state index contributed by atoms with van der Waals surface area (Å²) >= 11 is 0. The molecule has 0 aliphatic rings. The van der Waals surface area contributed by atoms with Gasteiger partial charge in [-0.1, -0.05) is 0 Å². The van der Waals surface area contributed by atoms with Crippen molar-refractivity contribution in [2.45, 2.75) is 0 Å². The average molecular weight is 320 g/mol. The van der Waals surface area contributed by atoms with Gasteiger partial charge in [0.2, 0.25) is 0 Å². The minimum absolute atomic E-state index is 0. The molecule has 0 heterocycles. The second kappa shape index (κ2) is 15.6. The van der Waals surface area contributed by atoms with Gasteiger partial charge >= 0.3 is 100 Å². The zero-order valence-corrected chi connectivity index (χ0v) is 14.0. The number of hydrogen-bond acceptors (Lipinski definition) is 0. The Bertz CT molecular complexity index is 14.9. The van der Waals surface area contributed by atoms with Crippen molar-refractivity contribution in [1.29, 1.82) is 0 Å². The van der Waals surface area contributed by atoms with Crippen LogP contribution in [0, 0.1) is 0 Å². The molecule has 15 valence electrons. The van der Waals surface area contributed by atoms with E-state index in [1.807, 2.05) is 0 Å². The predicted octanol–water partition coefficient (Wildman–Crippen LogP) is -3.04. The van der Waals surface area contributed by atoms with E-state index in [1.54, 1.807) is 0 Å². The molecule has 0 atom stereocenters. The van der Waals surface area contributed by atoms with Crippen LogP contribution in [-0.4, -0.2) is 48.9 Å². The van der Waals surface area contributed by atoms with Crippen LogP contribution in [-0.2, 0) is 44.1 Å². The van der Waals surface area contributed by atoms with Crippen LogP contribution >= 0.6 is 0 Å². The van der Waals surface area contributed by atoms with Crippen molar-refractivity contribution in [3.05, 3.63) is 0 Å². The molecule has 0 aromatic rings. The van der Waals surface area contributed by atoms with E-state index in [4.69, 9.17) is 0 Å². The molecular weight excluding hydrogens is 317 g/mol. The Labute approximate surface area is 144 Å². The zero-order valence-electron chi connectivity index (χ0n) is 5.65. The quantitative estimate of drug-likeness (QED) is 0.416. The van der Waals surface area contributed by atoms with Gasteiger partial charge in [-0.05, 0) is 0 Å². The van der Waals surface area contributed by atoms with Gasteiger partial charge in [-0.15, -0.1) is 0 Å². The summed E-state index contributed by atoms with van der Waals surface area (Å²) in [5.74, 6) is 0.